The first kappa shape index (κ1) is 15.2. The molecule has 21 heavy (non-hydrogen) atoms. The minimum Gasteiger partial charge on any atom is -0.338 e. The molecule has 0 saturated carbocycles. The molecule has 2 rings (SSSR count). The molecule has 0 aliphatic rings. The number of aromatic nitrogens is 2. The van der Waals surface area contributed by atoms with Gasteiger partial charge in [-0.15, -0.1) is 0 Å². The van der Waals surface area contributed by atoms with E-state index in [1.807, 2.05) is 46.0 Å². The molecule has 1 heterocycles. The predicted octanol–water partition coefficient (Wildman–Crippen LogP) is 3.26. The zero-order valence-electron chi connectivity index (χ0n) is 12.9. The van der Waals surface area contributed by atoms with Gasteiger partial charge in [0.25, 0.3) is 0 Å². The molecular formula is C16H20N4O. The van der Waals surface area contributed by atoms with Crippen molar-refractivity contribution < 1.29 is 4.52 Å². The van der Waals surface area contributed by atoms with Crippen LogP contribution in [0.1, 0.15) is 55.6 Å². The van der Waals surface area contributed by atoms with Gasteiger partial charge in [-0.25, -0.2) is 0 Å². The summed E-state index contributed by atoms with van der Waals surface area (Å²) in [5.74, 6) is 1.61. The van der Waals surface area contributed by atoms with E-state index in [1.165, 1.54) is 0 Å². The number of nitriles is 1. The van der Waals surface area contributed by atoms with Gasteiger partial charge in [0, 0.05) is 12.5 Å². The van der Waals surface area contributed by atoms with Gasteiger partial charge >= 0.3 is 0 Å². The summed E-state index contributed by atoms with van der Waals surface area (Å²) in [6.45, 7) is 6.83. The lowest BCUT2D eigenvalue weighted by atomic mass is 10.1. The summed E-state index contributed by atoms with van der Waals surface area (Å²) in [6.07, 6.45) is 0. The molecule has 0 N–H and O–H groups in total. The Kier molecular flexibility index (Phi) is 4.71. The van der Waals surface area contributed by atoms with Gasteiger partial charge in [0.15, 0.2) is 5.82 Å². The average molecular weight is 284 g/mol. The van der Waals surface area contributed by atoms with E-state index in [1.54, 1.807) is 6.07 Å². The van der Waals surface area contributed by atoms with Crippen molar-refractivity contribution >= 4 is 0 Å². The van der Waals surface area contributed by atoms with E-state index in [9.17, 15) is 0 Å². The van der Waals surface area contributed by atoms with Crippen LogP contribution >= 0.6 is 0 Å². The molecule has 5 nitrogen and oxygen atoms in total. The Labute approximate surface area is 125 Å². The molecule has 110 valence electrons. The lowest BCUT2D eigenvalue weighted by Crippen LogP contribution is -2.22. The number of hydrogen-bond acceptors (Lipinski definition) is 5. The Bertz CT molecular complexity index is 642. The molecule has 0 saturated heterocycles. The summed E-state index contributed by atoms with van der Waals surface area (Å²) in [4.78, 5) is 6.55. The van der Waals surface area contributed by atoms with Crippen LogP contribution < -0.4 is 0 Å². The van der Waals surface area contributed by atoms with Crippen molar-refractivity contribution in [1.82, 2.24) is 15.0 Å². The molecule has 0 bridgehead atoms. The Balaban J connectivity index is 2.08. The molecule has 1 aromatic carbocycles. The van der Waals surface area contributed by atoms with E-state index in [-0.39, 0.29) is 12.0 Å². The smallest absolute Gasteiger partial charge is 0.243 e. The van der Waals surface area contributed by atoms with Gasteiger partial charge in [0.2, 0.25) is 5.89 Å². The summed E-state index contributed by atoms with van der Waals surface area (Å²) in [5, 5.41) is 12.9. The van der Waals surface area contributed by atoms with Crippen molar-refractivity contribution in [3.05, 3.63) is 47.1 Å². The van der Waals surface area contributed by atoms with E-state index in [0.29, 0.717) is 11.5 Å². The summed E-state index contributed by atoms with van der Waals surface area (Å²) < 4.78 is 5.34. The normalized spacial score (nSPS) is 12.6. The van der Waals surface area contributed by atoms with Crippen molar-refractivity contribution in [3.8, 4) is 6.07 Å². The fraction of sp³-hybridized carbons (Fsp3) is 0.438. The molecule has 1 aromatic heterocycles. The van der Waals surface area contributed by atoms with E-state index in [4.69, 9.17) is 9.78 Å². The molecule has 1 unspecified atom stereocenters. The zero-order valence-corrected chi connectivity index (χ0v) is 12.9. The Morgan fingerprint density at radius 1 is 1.33 bits per heavy atom. The quantitative estimate of drug-likeness (QED) is 0.843. The van der Waals surface area contributed by atoms with Crippen LogP contribution in [0.25, 0.3) is 0 Å². The van der Waals surface area contributed by atoms with Crippen molar-refractivity contribution in [2.75, 3.05) is 7.05 Å². The van der Waals surface area contributed by atoms with Gasteiger partial charge in [-0.3, -0.25) is 4.90 Å². The monoisotopic (exact) mass is 284 g/mol. The molecule has 0 fully saturated rings. The summed E-state index contributed by atoms with van der Waals surface area (Å²) in [5.41, 5.74) is 1.76. The third kappa shape index (κ3) is 3.67. The van der Waals surface area contributed by atoms with Crippen LogP contribution in [0, 0.1) is 11.3 Å². The van der Waals surface area contributed by atoms with Crippen LogP contribution in [0.4, 0.5) is 0 Å². The van der Waals surface area contributed by atoms with Gasteiger partial charge < -0.3 is 4.52 Å². The molecule has 0 amide bonds. The van der Waals surface area contributed by atoms with Crippen molar-refractivity contribution in [2.45, 2.75) is 39.3 Å². The molecule has 0 radical (unpaired) electrons. The highest BCUT2D eigenvalue weighted by Gasteiger charge is 2.19. The van der Waals surface area contributed by atoms with Crippen molar-refractivity contribution in [2.24, 2.45) is 0 Å². The largest absolute Gasteiger partial charge is 0.338 e. The first-order valence-corrected chi connectivity index (χ1v) is 7.04. The summed E-state index contributed by atoms with van der Waals surface area (Å²) in [7, 11) is 2.00. The van der Waals surface area contributed by atoms with Crippen molar-refractivity contribution in [3.63, 3.8) is 0 Å². The SMILES string of the molecule is CC(C)c1noc(C(C)N(C)Cc2cccc(C#N)c2)n1. The minimum atomic E-state index is 0.0238. The van der Waals surface area contributed by atoms with Crippen LogP contribution in [0.15, 0.2) is 28.8 Å². The van der Waals surface area contributed by atoms with Crippen LogP contribution in [0.5, 0.6) is 0 Å². The van der Waals surface area contributed by atoms with E-state index in [0.717, 1.165) is 17.9 Å². The van der Waals surface area contributed by atoms with E-state index < -0.39 is 0 Å². The maximum absolute atomic E-state index is 8.94. The molecule has 5 heteroatoms. The highest BCUT2D eigenvalue weighted by atomic mass is 16.5. The second-order valence-electron chi connectivity index (χ2n) is 5.55. The first-order valence-electron chi connectivity index (χ1n) is 7.04. The lowest BCUT2D eigenvalue weighted by Gasteiger charge is -2.21. The van der Waals surface area contributed by atoms with E-state index in [2.05, 4.69) is 21.1 Å². The highest BCUT2D eigenvalue weighted by molar-refractivity contribution is 5.32. The fourth-order valence-corrected chi connectivity index (χ4v) is 2.00. The topological polar surface area (TPSA) is 66.0 Å². The third-order valence-corrected chi connectivity index (χ3v) is 3.48. The molecular weight excluding hydrogens is 264 g/mol. The average Bonchev–Trinajstić information content (AvgIpc) is 2.96. The minimum absolute atomic E-state index is 0.0238. The molecule has 2 aromatic rings. The predicted molar refractivity (Wildman–Crippen MR) is 79.4 cm³/mol. The lowest BCUT2D eigenvalue weighted by molar-refractivity contribution is 0.202. The van der Waals surface area contributed by atoms with Gasteiger partial charge in [-0.1, -0.05) is 31.1 Å². The second kappa shape index (κ2) is 6.51. The van der Waals surface area contributed by atoms with Crippen molar-refractivity contribution in [1.29, 1.82) is 5.26 Å². The number of nitrogens with zero attached hydrogens (tertiary/aromatic N) is 4. The molecule has 1 atom stereocenters. The van der Waals surface area contributed by atoms with Gasteiger partial charge in [-0.2, -0.15) is 10.2 Å². The fourth-order valence-electron chi connectivity index (χ4n) is 2.00. The Morgan fingerprint density at radius 2 is 2.10 bits per heavy atom. The number of hydrogen-bond donors (Lipinski definition) is 0. The van der Waals surface area contributed by atoms with Crippen LogP contribution in [-0.2, 0) is 6.54 Å². The molecule has 0 aliphatic carbocycles. The Morgan fingerprint density at radius 3 is 2.71 bits per heavy atom. The maximum atomic E-state index is 8.94. The van der Waals surface area contributed by atoms with Crippen LogP contribution in [-0.4, -0.2) is 22.1 Å². The third-order valence-electron chi connectivity index (χ3n) is 3.48. The van der Waals surface area contributed by atoms with E-state index >= 15 is 0 Å². The molecule has 0 spiro atoms. The Hall–Kier alpha value is -2.19. The van der Waals surface area contributed by atoms with Crippen LogP contribution in [0.2, 0.25) is 0 Å². The number of benzene rings is 1. The summed E-state index contributed by atoms with van der Waals surface area (Å²) >= 11 is 0. The standard InChI is InChI=1S/C16H20N4O/c1-11(2)15-18-16(21-19-15)12(3)20(4)10-14-7-5-6-13(8-14)9-17/h5-8,11-12H,10H2,1-4H3. The van der Waals surface area contributed by atoms with Gasteiger partial charge in [-0.05, 0) is 31.7 Å². The highest BCUT2D eigenvalue weighted by Crippen LogP contribution is 2.21. The van der Waals surface area contributed by atoms with Gasteiger partial charge in [0.1, 0.15) is 0 Å². The maximum Gasteiger partial charge on any atom is 0.243 e. The van der Waals surface area contributed by atoms with Crippen LogP contribution in [0.3, 0.4) is 0 Å². The zero-order chi connectivity index (χ0) is 15.4. The second-order valence-corrected chi connectivity index (χ2v) is 5.55. The summed E-state index contributed by atoms with van der Waals surface area (Å²) in [6, 6.07) is 9.80. The molecule has 0 aliphatic heterocycles. The van der Waals surface area contributed by atoms with Gasteiger partial charge in [0.05, 0.1) is 17.7 Å². The first-order chi connectivity index (χ1) is 10.0. The number of rotatable bonds is 5.